The molecule has 3 aromatic carbocycles. The Kier molecular flexibility index (Phi) is 8.37. The Bertz CT molecular complexity index is 1120. The number of para-hydroxylation sites is 1. The summed E-state index contributed by atoms with van der Waals surface area (Å²) in [6, 6.07) is 21.2. The molecule has 0 aliphatic heterocycles. The summed E-state index contributed by atoms with van der Waals surface area (Å²) in [5, 5.41) is 8.54. The van der Waals surface area contributed by atoms with Gasteiger partial charge in [0, 0.05) is 5.69 Å². The van der Waals surface area contributed by atoms with Crippen molar-refractivity contribution in [3.63, 3.8) is 0 Å². The molecule has 0 aliphatic rings. The molecule has 7 nitrogen and oxygen atoms in total. The third-order valence-corrected chi connectivity index (χ3v) is 4.82. The average molecular weight is 464 g/mol. The van der Waals surface area contributed by atoms with Gasteiger partial charge in [-0.15, -0.1) is 0 Å². The highest BCUT2D eigenvalue weighted by Crippen LogP contribution is 2.20. The van der Waals surface area contributed by atoms with Crippen molar-refractivity contribution in [3.8, 4) is 11.5 Å². The van der Waals surface area contributed by atoms with Crippen molar-refractivity contribution in [1.29, 1.82) is 0 Å². The first-order valence-corrected chi connectivity index (χ1v) is 10.8. The molecule has 0 fully saturated rings. The van der Waals surface area contributed by atoms with Gasteiger partial charge in [-0.2, -0.15) is 0 Å². The summed E-state index contributed by atoms with van der Waals surface area (Å²) in [5.41, 5.74) is 2.33. The van der Waals surface area contributed by atoms with E-state index in [4.69, 9.17) is 21.7 Å². The van der Waals surface area contributed by atoms with Crippen LogP contribution < -0.4 is 25.4 Å². The zero-order valence-corrected chi connectivity index (χ0v) is 19.2. The van der Waals surface area contributed by atoms with Crippen LogP contribution in [0.3, 0.4) is 0 Å². The van der Waals surface area contributed by atoms with Crippen molar-refractivity contribution in [1.82, 2.24) is 5.32 Å². The van der Waals surface area contributed by atoms with Crippen molar-refractivity contribution >= 4 is 40.5 Å². The lowest BCUT2D eigenvalue weighted by molar-refractivity contribution is -0.119. The summed E-state index contributed by atoms with van der Waals surface area (Å²) in [6.07, 6.45) is 0.158. The summed E-state index contributed by atoms with van der Waals surface area (Å²) in [4.78, 5) is 25.2. The summed E-state index contributed by atoms with van der Waals surface area (Å²) in [5.74, 6) is 0.869. The second-order valence-electron chi connectivity index (χ2n) is 6.98. The number of benzene rings is 3. The van der Waals surface area contributed by atoms with Gasteiger partial charge in [0.15, 0.2) is 5.11 Å². The van der Waals surface area contributed by atoms with Crippen LogP contribution in [0.5, 0.6) is 11.5 Å². The molecule has 8 heteroatoms. The molecular weight excluding hydrogens is 438 g/mol. The van der Waals surface area contributed by atoms with Gasteiger partial charge in [-0.3, -0.25) is 9.59 Å². The largest absolute Gasteiger partial charge is 0.497 e. The number of hydrogen-bond donors (Lipinski definition) is 3. The van der Waals surface area contributed by atoms with Gasteiger partial charge in [-0.1, -0.05) is 24.3 Å². The normalized spacial score (nSPS) is 10.1. The van der Waals surface area contributed by atoms with Crippen LogP contribution in [0, 0.1) is 0 Å². The molecule has 3 aromatic rings. The lowest BCUT2D eigenvalue weighted by atomic mass is 10.1. The zero-order valence-electron chi connectivity index (χ0n) is 18.4. The summed E-state index contributed by atoms with van der Waals surface area (Å²) in [7, 11) is 1.59. The van der Waals surface area contributed by atoms with Crippen LogP contribution in [0.4, 0.5) is 11.4 Å². The zero-order chi connectivity index (χ0) is 23.6. The van der Waals surface area contributed by atoms with E-state index in [-0.39, 0.29) is 23.3 Å². The van der Waals surface area contributed by atoms with Gasteiger partial charge in [0.1, 0.15) is 11.5 Å². The second kappa shape index (κ2) is 11.6. The molecule has 2 amide bonds. The Hall–Kier alpha value is -3.91. The van der Waals surface area contributed by atoms with Crippen LogP contribution in [-0.2, 0) is 11.2 Å². The third kappa shape index (κ3) is 7.05. The van der Waals surface area contributed by atoms with Gasteiger partial charge >= 0.3 is 0 Å². The van der Waals surface area contributed by atoms with Crippen molar-refractivity contribution in [3.05, 3.63) is 83.9 Å². The number of hydrogen-bond acceptors (Lipinski definition) is 5. The van der Waals surface area contributed by atoms with Gasteiger partial charge in [0.25, 0.3) is 5.91 Å². The maximum atomic E-state index is 12.8. The summed E-state index contributed by atoms with van der Waals surface area (Å²) in [6.45, 7) is 2.48. The monoisotopic (exact) mass is 463 g/mol. The quantitative estimate of drug-likeness (QED) is 0.429. The van der Waals surface area contributed by atoms with Gasteiger partial charge in [-0.05, 0) is 73.2 Å². The molecule has 0 saturated carbocycles. The number of rotatable bonds is 8. The molecule has 0 bridgehead atoms. The molecule has 0 aromatic heterocycles. The first-order valence-electron chi connectivity index (χ1n) is 10.4. The number of carbonyl (C=O) groups excluding carboxylic acids is 2. The van der Waals surface area contributed by atoms with Gasteiger partial charge in [0.2, 0.25) is 5.91 Å². The van der Waals surface area contributed by atoms with Crippen molar-refractivity contribution < 1.29 is 19.1 Å². The highest BCUT2D eigenvalue weighted by molar-refractivity contribution is 7.80. The predicted octanol–water partition coefficient (Wildman–Crippen LogP) is 4.40. The minimum atomic E-state index is -0.311. The molecule has 0 saturated heterocycles. The van der Waals surface area contributed by atoms with Gasteiger partial charge < -0.3 is 25.4 Å². The van der Waals surface area contributed by atoms with E-state index >= 15 is 0 Å². The topological polar surface area (TPSA) is 88.7 Å². The number of nitrogens with one attached hydrogen (secondary N) is 3. The standard InChI is InChI=1S/C25H25N3O4S/c1-3-32-20-14-10-18(11-15-20)26-24(30)21-6-4-5-7-22(21)27-25(33)28-23(29)16-17-8-12-19(31-2)13-9-17/h4-15H,3,16H2,1-2H3,(H,26,30)(H2,27,28,29,33). The molecule has 0 atom stereocenters. The number of carbonyl (C=O) groups is 2. The SMILES string of the molecule is CCOc1ccc(NC(=O)c2ccccc2NC(=S)NC(=O)Cc2ccc(OC)cc2)cc1. The van der Waals surface area contributed by atoms with Crippen LogP contribution >= 0.6 is 12.2 Å². The van der Waals surface area contributed by atoms with E-state index < -0.39 is 0 Å². The molecule has 0 heterocycles. The third-order valence-electron chi connectivity index (χ3n) is 4.62. The second-order valence-corrected chi connectivity index (χ2v) is 7.39. The van der Waals surface area contributed by atoms with Crippen molar-refractivity contribution in [2.24, 2.45) is 0 Å². The van der Waals surface area contributed by atoms with Crippen LogP contribution in [-0.4, -0.2) is 30.6 Å². The fourth-order valence-electron chi connectivity index (χ4n) is 3.04. The fraction of sp³-hybridized carbons (Fsp3) is 0.160. The maximum absolute atomic E-state index is 12.8. The molecule has 0 radical (unpaired) electrons. The molecule has 3 N–H and O–H groups in total. The highest BCUT2D eigenvalue weighted by atomic mass is 32.1. The van der Waals surface area contributed by atoms with E-state index in [0.29, 0.717) is 23.5 Å². The Balaban J connectivity index is 1.60. The number of ether oxygens (including phenoxy) is 2. The Morgan fingerprint density at radius 3 is 2.21 bits per heavy atom. The van der Waals surface area contributed by atoms with Gasteiger partial charge in [-0.25, -0.2) is 0 Å². The average Bonchev–Trinajstić information content (AvgIpc) is 2.81. The number of anilines is 2. The maximum Gasteiger partial charge on any atom is 0.257 e. The first kappa shape index (κ1) is 23.7. The van der Waals surface area contributed by atoms with Crippen LogP contribution in [0.2, 0.25) is 0 Å². The lowest BCUT2D eigenvalue weighted by Gasteiger charge is -2.14. The minimum absolute atomic E-state index is 0.106. The fourth-order valence-corrected chi connectivity index (χ4v) is 3.27. The Labute approximate surface area is 198 Å². The van der Waals surface area contributed by atoms with E-state index in [1.54, 1.807) is 67.8 Å². The number of methoxy groups -OCH3 is 1. The highest BCUT2D eigenvalue weighted by Gasteiger charge is 2.14. The molecule has 0 unspecified atom stereocenters. The van der Waals surface area contributed by atoms with Crippen molar-refractivity contribution in [2.75, 3.05) is 24.4 Å². The van der Waals surface area contributed by atoms with Crippen LogP contribution in [0.15, 0.2) is 72.8 Å². The predicted molar refractivity (Wildman–Crippen MR) is 133 cm³/mol. The van der Waals surface area contributed by atoms with E-state index in [2.05, 4.69) is 16.0 Å². The van der Waals surface area contributed by atoms with E-state index in [0.717, 1.165) is 17.1 Å². The van der Waals surface area contributed by atoms with Crippen LogP contribution in [0.1, 0.15) is 22.8 Å². The molecule has 170 valence electrons. The molecule has 3 rings (SSSR count). The number of thiocarbonyl (C=S) groups is 1. The van der Waals surface area contributed by atoms with E-state index in [1.165, 1.54) is 0 Å². The van der Waals surface area contributed by atoms with Crippen LogP contribution in [0.25, 0.3) is 0 Å². The molecule has 0 aliphatic carbocycles. The smallest absolute Gasteiger partial charge is 0.257 e. The summed E-state index contributed by atoms with van der Waals surface area (Å²) >= 11 is 5.27. The number of amides is 2. The van der Waals surface area contributed by atoms with E-state index in [1.807, 2.05) is 19.1 Å². The molecule has 33 heavy (non-hydrogen) atoms. The lowest BCUT2D eigenvalue weighted by Crippen LogP contribution is -2.35. The van der Waals surface area contributed by atoms with Gasteiger partial charge in [0.05, 0.1) is 31.4 Å². The molecule has 0 spiro atoms. The first-order chi connectivity index (χ1) is 16.0. The Morgan fingerprint density at radius 2 is 1.55 bits per heavy atom. The van der Waals surface area contributed by atoms with Crippen molar-refractivity contribution in [2.45, 2.75) is 13.3 Å². The minimum Gasteiger partial charge on any atom is -0.497 e. The summed E-state index contributed by atoms with van der Waals surface area (Å²) < 4.78 is 10.5. The Morgan fingerprint density at radius 1 is 0.879 bits per heavy atom. The molecular formula is C25H25N3O4S. The van der Waals surface area contributed by atoms with E-state index in [9.17, 15) is 9.59 Å².